The number of hydrogen-bond donors (Lipinski definition) is 0. The summed E-state index contributed by atoms with van der Waals surface area (Å²) in [6.45, 7) is 6.97. The van der Waals surface area contributed by atoms with E-state index in [0.29, 0.717) is 0 Å². The van der Waals surface area contributed by atoms with Crippen molar-refractivity contribution in [3.8, 4) is 0 Å². The zero-order valence-corrected chi connectivity index (χ0v) is 29.9. The van der Waals surface area contributed by atoms with Gasteiger partial charge in [-0.25, -0.2) is 9.13 Å². The summed E-state index contributed by atoms with van der Waals surface area (Å²) in [4.78, 5) is 0. The zero-order valence-electron chi connectivity index (χ0n) is 29.9. The molecule has 0 atom stereocenters. The quantitative estimate of drug-likeness (QED) is 0.0578. The molecule has 2 aromatic rings. The topological polar surface area (TPSA) is 8.81 Å². The Hall–Kier alpha value is -1.57. The maximum Gasteiger partial charge on any atom is 0.256 e. The maximum atomic E-state index is 2.61. The Balaban J connectivity index is 1.58. The number of benzene rings is 1. The molecular weight excluding hydrogens is 532 g/mol. The van der Waals surface area contributed by atoms with Crippen molar-refractivity contribution in [3.05, 3.63) is 54.1 Å². The summed E-state index contributed by atoms with van der Waals surface area (Å²) < 4.78 is 5.19. The maximum absolute atomic E-state index is 2.61. The highest BCUT2D eigenvalue weighted by atomic mass is 15.1. The Morgan fingerprint density at radius 2 is 0.886 bits per heavy atom. The largest absolute Gasteiger partial charge is 0.256 e. The highest BCUT2D eigenvalue weighted by Gasteiger charge is 2.16. The van der Waals surface area contributed by atoms with Crippen LogP contribution in [0.3, 0.4) is 0 Å². The summed E-state index contributed by atoms with van der Waals surface area (Å²) in [6.07, 6.45) is 45.6. The lowest BCUT2D eigenvalue weighted by atomic mass is 10.0. The molecule has 44 heavy (non-hydrogen) atoms. The van der Waals surface area contributed by atoms with Crippen molar-refractivity contribution < 1.29 is 4.57 Å². The molecule has 1 aromatic carbocycles. The number of aromatic nitrogens is 2. The predicted octanol–water partition coefficient (Wildman–Crippen LogP) is 13.1. The van der Waals surface area contributed by atoms with Crippen LogP contribution in [0.15, 0.2) is 42.7 Å². The average Bonchev–Trinajstić information content (AvgIpc) is 3.43. The lowest BCUT2D eigenvalue weighted by Gasteiger charge is -2.07. The molecule has 0 aliphatic carbocycles. The van der Waals surface area contributed by atoms with Crippen molar-refractivity contribution in [1.29, 1.82) is 0 Å². The molecule has 0 aliphatic rings. The molecule has 0 saturated carbocycles. The number of aryl methyl sites for hydroxylation is 3. The van der Waals surface area contributed by atoms with Gasteiger partial charge in [-0.2, -0.15) is 0 Å². The molecule has 2 rings (SSSR count). The lowest BCUT2D eigenvalue weighted by molar-refractivity contribution is -0.704. The first kappa shape index (κ1) is 38.6. The van der Waals surface area contributed by atoms with Crippen LogP contribution in [0.2, 0.25) is 0 Å². The molecule has 0 spiro atoms. The van der Waals surface area contributed by atoms with Crippen LogP contribution in [-0.2, 0) is 25.9 Å². The second-order valence-electron chi connectivity index (χ2n) is 13.9. The van der Waals surface area contributed by atoms with Gasteiger partial charge in [0.05, 0.1) is 13.1 Å². The van der Waals surface area contributed by atoms with Gasteiger partial charge < -0.3 is 0 Å². The Labute approximate surface area is 275 Å². The zero-order chi connectivity index (χ0) is 31.2. The SMILES string of the molecule is CCCCCCCCCCCCCCCCCCCc1n(CCCCCCCCCCC)cc[n+]1CCCc1ccccc1. The predicted molar refractivity (Wildman–Crippen MR) is 194 cm³/mol. The molecule has 1 heterocycles. The first-order valence-electron chi connectivity index (χ1n) is 20.0. The minimum Gasteiger partial charge on any atom is -0.234 e. The molecule has 0 N–H and O–H groups in total. The Kier molecular flexibility index (Phi) is 25.3. The first-order valence-corrected chi connectivity index (χ1v) is 20.0. The Morgan fingerprint density at radius 3 is 1.36 bits per heavy atom. The van der Waals surface area contributed by atoms with Crippen molar-refractivity contribution in [2.75, 3.05) is 0 Å². The van der Waals surface area contributed by atoms with Crippen molar-refractivity contribution >= 4 is 0 Å². The molecule has 252 valence electrons. The highest BCUT2D eigenvalue weighted by Crippen LogP contribution is 2.16. The van der Waals surface area contributed by atoms with E-state index in [4.69, 9.17) is 0 Å². The van der Waals surface area contributed by atoms with Gasteiger partial charge in [-0.1, -0.05) is 192 Å². The van der Waals surface area contributed by atoms with Crippen LogP contribution in [0.25, 0.3) is 0 Å². The third kappa shape index (κ3) is 20.5. The van der Waals surface area contributed by atoms with E-state index in [1.807, 2.05) is 0 Å². The third-order valence-electron chi connectivity index (χ3n) is 9.80. The van der Waals surface area contributed by atoms with Gasteiger partial charge in [-0.05, 0) is 37.7 Å². The van der Waals surface area contributed by atoms with Crippen molar-refractivity contribution in [1.82, 2.24) is 4.57 Å². The summed E-state index contributed by atoms with van der Waals surface area (Å²) in [5.41, 5.74) is 1.47. The minimum atomic E-state index is 1.15. The van der Waals surface area contributed by atoms with E-state index in [0.717, 1.165) is 6.54 Å². The molecule has 0 bridgehead atoms. The molecule has 0 unspecified atom stereocenters. The summed E-state index contributed by atoms with van der Waals surface area (Å²) >= 11 is 0. The van der Waals surface area contributed by atoms with Gasteiger partial charge in [-0.15, -0.1) is 0 Å². The number of imidazole rings is 1. The van der Waals surface area contributed by atoms with Crippen LogP contribution in [0.1, 0.15) is 199 Å². The fourth-order valence-electron chi connectivity index (χ4n) is 6.89. The van der Waals surface area contributed by atoms with E-state index in [9.17, 15) is 0 Å². The normalized spacial score (nSPS) is 11.5. The van der Waals surface area contributed by atoms with E-state index >= 15 is 0 Å². The van der Waals surface area contributed by atoms with Crippen LogP contribution < -0.4 is 4.57 Å². The van der Waals surface area contributed by atoms with Crippen molar-refractivity contribution in [2.45, 2.75) is 213 Å². The van der Waals surface area contributed by atoms with Crippen LogP contribution in [0.5, 0.6) is 0 Å². The highest BCUT2D eigenvalue weighted by molar-refractivity contribution is 5.14. The molecular formula is C42H75N2+. The van der Waals surface area contributed by atoms with Gasteiger partial charge >= 0.3 is 0 Å². The van der Waals surface area contributed by atoms with Crippen LogP contribution in [-0.4, -0.2) is 4.57 Å². The molecule has 0 radical (unpaired) electrons. The summed E-state index contributed by atoms with van der Waals surface area (Å²) in [7, 11) is 0. The van der Waals surface area contributed by atoms with E-state index in [1.165, 1.54) is 198 Å². The van der Waals surface area contributed by atoms with Gasteiger partial charge in [0, 0.05) is 6.42 Å². The Morgan fingerprint density at radius 1 is 0.455 bits per heavy atom. The summed E-state index contributed by atoms with van der Waals surface area (Å²) in [5, 5.41) is 0. The number of rotatable bonds is 32. The van der Waals surface area contributed by atoms with Crippen molar-refractivity contribution in [3.63, 3.8) is 0 Å². The Bertz CT molecular complexity index is 854. The van der Waals surface area contributed by atoms with E-state index in [1.54, 1.807) is 5.82 Å². The molecule has 0 saturated heterocycles. The molecule has 1 aromatic heterocycles. The van der Waals surface area contributed by atoms with Gasteiger partial charge in [0.15, 0.2) is 0 Å². The smallest absolute Gasteiger partial charge is 0.234 e. The third-order valence-corrected chi connectivity index (χ3v) is 9.80. The van der Waals surface area contributed by atoms with E-state index < -0.39 is 0 Å². The van der Waals surface area contributed by atoms with Crippen molar-refractivity contribution in [2.24, 2.45) is 0 Å². The lowest BCUT2D eigenvalue weighted by Crippen LogP contribution is -2.37. The molecule has 0 amide bonds. The van der Waals surface area contributed by atoms with Gasteiger partial charge in [0.1, 0.15) is 12.4 Å². The van der Waals surface area contributed by atoms with Crippen LogP contribution >= 0.6 is 0 Å². The summed E-state index contributed by atoms with van der Waals surface area (Å²) in [6, 6.07) is 11.0. The molecule has 0 aliphatic heterocycles. The molecule has 2 nitrogen and oxygen atoms in total. The van der Waals surface area contributed by atoms with E-state index in [2.05, 4.69) is 65.7 Å². The number of nitrogens with zero attached hydrogens (tertiary/aromatic N) is 2. The standard InChI is InChI=1S/C42H75N2/c1-3-5-7-9-11-13-14-15-16-17-18-19-20-21-23-25-30-36-42-43(37-31-26-24-22-12-10-8-6-4-2)39-40-44(42)38-32-35-41-33-28-27-29-34-41/h27-29,33-34,39-40H,3-26,30-32,35-38H2,1-2H3/q+1. The minimum absolute atomic E-state index is 1.15. The second kappa shape index (κ2) is 28.9. The van der Waals surface area contributed by atoms with Gasteiger partial charge in [0.25, 0.3) is 5.82 Å². The fraction of sp³-hybridized carbons (Fsp3) is 0.786. The number of hydrogen-bond acceptors (Lipinski definition) is 0. The first-order chi connectivity index (χ1) is 21.8. The van der Waals surface area contributed by atoms with Gasteiger partial charge in [0.2, 0.25) is 0 Å². The summed E-state index contributed by atoms with van der Waals surface area (Å²) in [5.74, 6) is 1.58. The van der Waals surface area contributed by atoms with E-state index in [-0.39, 0.29) is 0 Å². The number of unbranched alkanes of at least 4 members (excludes halogenated alkanes) is 24. The van der Waals surface area contributed by atoms with Crippen LogP contribution in [0.4, 0.5) is 0 Å². The molecule has 0 fully saturated rings. The van der Waals surface area contributed by atoms with Gasteiger partial charge in [-0.3, -0.25) is 0 Å². The van der Waals surface area contributed by atoms with Crippen LogP contribution in [0, 0.1) is 0 Å². The second-order valence-corrected chi connectivity index (χ2v) is 13.9. The average molecular weight is 608 g/mol. The molecule has 2 heteroatoms. The monoisotopic (exact) mass is 608 g/mol. The fourth-order valence-corrected chi connectivity index (χ4v) is 6.89.